The van der Waals surface area contributed by atoms with Crippen LogP contribution in [0.4, 0.5) is 18.9 Å². The molecule has 1 unspecified atom stereocenters. The zero-order valence-electron chi connectivity index (χ0n) is 14.4. The summed E-state index contributed by atoms with van der Waals surface area (Å²) >= 11 is 0. The molecule has 1 aromatic carbocycles. The lowest BCUT2D eigenvalue weighted by molar-refractivity contribution is -0.274. The van der Waals surface area contributed by atoms with Crippen LogP contribution < -0.4 is 9.64 Å². The number of hydrogen-bond acceptors (Lipinski definition) is 3. The van der Waals surface area contributed by atoms with Gasteiger partial charge in [-0.2, -0.15) is 0 Å². The highest BCUT2D eigenvalue weighted by atomic mass is 19.4. The Bertz CT molecular complexity index is 627. The van der Waals surface area contributed by atoms with Crippen molar-refractivity contribution in [1.82, 2.24) is 0 Å². The smallest absolute Gasteiger partial charge is 0.406 e. The van der Waals surface area contributed by atoms with E-state index in [0.717, 1.165) is 12.8 Å². The fourth-order valence-corrected chi connectivity index (χ4v) is 3.37. The van der Waals surface area contributed by atoms with Crippen molar-refractivity contribution in [3.05, 3.63) is 24.3 Å². The second-order valence-electron chi connectivity index (χ2n) is 6.51. The maximum Gasteiger partial charge on any atom is 0.573 e. The second kappa shape index (κ2) is 7.45. The average molecular weight is 357 g/mol. The Morgan fingerprint density at radius 2 is 1.92 bits per heavy atom. The van der Waals surface area contributed by atoms with Gasteiger partial charge in [0.05, 0.1) is 5.41 Å². The molecule has 0 aromatic heterocycles. The molecule has 1 aliphatic heterocycles. The first-order valence-corrected chi connectivity index (χ1v) is 8.34. The molecule has 4 nitrogen and oxygen atoms in total. The van der Waals surface area contributed by atoms with Crippen molar-refractivity contribution in [3.8, 4) is 5.75 Å². The van der Waals surface area contributed by atoms with Crippen LogP contribution in [0.3, 0.4) is 0 Å². The predicted molar refractivity (Wildman–Crippen MR) is 87.4 cm³/mol. The molecule has 1 fully saturated rings. The molecule has 0 saturated carbocycles. The van der Waals surface area contributed by atoms with E-state index in [4.69, 9.17) is 0 Å². The van der Waals surface area contributed by atoms with Gasteiger partial charge in [-0.05, 0) is 44.0 Å². The Hall–Kier alpha value is -2.05. The standard InChI is InChI=1S/C18H22F3NO3/c1-3-4-9-17(12-13(2)23)10-11-22(16(17)24)14-5-7-15(8-6-14)25-18(19,20)21/h5-8H,3-4,9-12H2,1-2H3. The van der Waals surface area contributed by atoms with Crippen molar-refractivity contribution >= 4 is 17.4 Å². The van der Waals surface area contributed by atoms with Crippen molar-refractivity contribution in [1.29, 1.82) is 0 Å². The number of anilines is 1. The first kappa shape index (κ1) is 19.3. The van der Waals surface area contributed by atoms with Crippen molar-refractivity contribution in [2.45, 2.75) is 52.3 Å². The van der Waals surface area contributed by atoms with Gasteiger partial charge in [0.2, 0.25) is 5.91 Å². The van der Waals surface area contributed by atoms with Gasteiger partial charge < -0.3 is 9.64 Å². The quantitative estimate of drug-likeness (QED) is 0.723. The normalized spacial score (nSPS) is 20.8. The van der Waals surface area contributed by atoms with Gasteiger partial charge in [-0.15, -0.1) is 13.2 Å². The van der Waals surface area contributed by atoms with Crippen molar-refractivity contribution in [2.75, 3.05) is 11.4 Å². The van der Waals surface area contributed by atoms with Crippen LogP contribution in [0.25, 0.3) is 0 Å². The SMILES string of the molecule is CCCCC1(CC(C)=O)CCN(c2ccc(OC(F)(F)F)cc2)C1=O. The molecule has 0 spiro atoms. The maximum atomic E-state index is 12.9. The molecule has 0 aliphatic carbocycles. The van der Waals surface area contributed by atoms with Crippen LogP contribution in [0.1, 0.15) is 46.0 Å². The number of carbonyl (C=O) groups is 2. The molecule has 1 aromatic rings. The van der Waals surface area contributed by atoms with Gasteiger partial charge >= 0.3 is 6.36 Å². The minimum absolute atomic E-state index is 0.0276. The molecule has 0 N–H and O–H groups in total. The van der Waals surface area contributed by atoms with Crippen LogP contribution in [0.15, 0.2) is 24.3 Å². The Morgan fingerprint density at radius 1 is 1.28 bits per heavy atom. The number of Topliss-reactive ketones (excluding diaryl/α,β-unsaturated/α-hetero) is 1. The number of carbonyl (C=O) groups excluding carboxylic acids is 2. The Labute approximate surface area is 144 Å². The van der Waals surface area contributed by atoms with Crippen LogP contribution in [0.2, 0.25) is 0 Å². The summed E-state index contributed by atoms with van der Waals surface area (Å²) in [6, 6.07) is 5.24. The zero-order valence-corrected chi connectivity index (χ0v) is 14.4. The van der Waals surface area contributed by atoms with Gasteiger partial charge in [0.1, 0.15) is 11.5 Å². The number of ether oxygens (including phenoxy) is 1. The summed E-state index contributed by atoms with van der Waals surface area (Å²) in [4.78, 5) is 26.1. The number of halogens is 3. The highest BCUT2D eigenvalue weighted by Crippen LogP contribution is 2.42. The lowest BCUT2D eigenvalue weighted by Crippen LogP contribution is -2.36. The van der Waals surface area contributed by atoms with Crippen LogP contribution >= 0.6 is 0 Å². The first-order chi connectivity index (χ1) is 11.7. The molecule has 7 heteroatoms. The van der Waals surface area contributed by atoms with Crippen LogP contribution in [0.5, 0.6) is 5.75 Å². The third-order valence-electron chi connectivity index (χ3n) is 4.49. The molecule has 1 aliphatic rings. The van der Waals surface area contributed by atoms with Gasteiger partial charge in [-0.25, -0.2) is 0 Å². The molecule has 1 atom stereocenters. The first-order valence-electron chi connectivity index (χ1n) is 8.34. The largest absolute Gasteiger partial charge is 0.573 e. The Morgan fingerprint density at radius 3 is 2.44 bits per heavy atom. The third-order valence-corrected chi connectivity index (χ3v) is 4.49. The topological polar surface area (TPSA) is 46.6 Å². The van der Waals surface area contributed by atoms with Gasteiger partial charge in [0.15, 0.2) is 0 Å². The summed E-state index contributed by atoms with van der Waals surface area (Å²) in [5.41, 5.74) is -0.176. The summed E-state index contributed by atoms with van der Waals surface area (Å²) in [6.45, 7) is 3.96. The van der Waals surface area contributed by atoms with Crippen molar-refractivity contribution in [3.63, 3.8) is 0 Å². The number of nitrogens with zero attached hydrogens (tertiary/aromatic N) is 1. The number of unbranched alkanes of at least 4 members (excludes halogenated alkanes) is 1. The summed E-state index contributed by atoms with van der Waals surface area (Å²) in [7, 11) is 0. The average Bonchev–Trinajstić information content (AvgIpc) is 2.81. The summed E-state index contributed by atoms with van der Waals surface area (Å²) in [5.74, 6) is -0.482. The van der Waals surface area contributed by atoms with E-state index >= 15 is 0 Å². The Kier molecular flexibility index (Phi) is 5.75. The van der Waals surface area contributed by atoms with E-state index in [1.165, 1.54) is 31.2 Å². The summed E-state index contributed by atoms with van der Waals surface area (Å²) in [6.07, 6.45) is -1.54. The molecule has 25 heavy (non-hydrogen) atoms. The fraction of sp³-hybridized carbons (Fsp3) is 0.556. The highest BCUT2D eigenvalue weighted by molar-refractivity contribution is 6.02. The number of ketones is 1. The monoisotopic (exact) mass is 357 g/mol. The van der Waals surface area contributed by atoms with E-state index < -0.39 is 11.8 Å². The Balaban J connectivity index is 2.17. The molecule has 0 bridgehead atoms. The molecule has 1 saturated heterocycles. The number of rotatable bonds is 7. The van der Waals surface area contributed by atoms with E-state index in [2.05, 4.69) is 4.74 Å². The second-order valence-corrected chi connectivity index (χ2v) is 6.51. The lowest BCUT2D eigenvalue weighted by atomic mass is 9.77. The molecular formula is C18H22F3NO3. The summed E-state index contributed by atoms with van der Waals surface area (Å²) < 4.78 is 40.5. The molecule has 1 amide bonds. The van der Waals surface area contributed by atoms with E-state index in [9.17, 15) is 22.8 Å². The fourth-order valence-electron chi connectivity index (χ4n) is 3.37. The highest BCUT2D eigenvalue weighted by Gasteiger charge is 2.47. The van der Waals surface area contributed by atoms with E-state index in [0.29, 0.717) is 25.1 Å². The zero-order chi connectivity index (χ0) is 18.7. The van der Waals surface area contributed by atoms with E-state index in [1.807, 2.05) is 6.92 Å². The summed E-state index contributed by atoms with van der Waals surface area (Å²) in [5, 5.41) is 0. The van der Waals surface area contributed by atoms with Gasteiger partial charge in [-0.3, -0.25) is 9.59 Å². The van der Waals surface area contributed by atoms with Crippen LogP contribution in [-0.2, 0) is 9.59 Å². The van der Waals surface area contributed by atoms with Crippen LogP contribution in [0, 0.1) is 5.41 Å². The third kappa shape index (κ3) is 4.74. The minimum Gasteiger partial charge on any atom is -0.406 e. The van der Waals surface area contributed by atoms with E-state index in [1.54, 1.807) is 4.90 Å². The number of hydrogen-bond donors (Lipinski definition) is 0. The molecular weight excluding hydrogens is 335 g/mol. The number of alkyl halides is 3. The number of benzene rings is 1. The minimum atomic E-state index is -4.75. The van der Waals surface area contributed by atoms with Crippen molar-refractivity contribution in [2.24, 2.45) is 5.41 Å². The molecule has 1 heterocycles. The molecule has 138 valence electrons. The van der Waals surface area contributed by atoms with E-state index in [-0.39, 0.29) is 23.9 Å². The number of amides is 1. The van der Waals surface area contributed by atoms with Crippen molar-refractivity contribution < 1.29 is 27.5 Å². The lowest BCUT2D eigenvalue weighted by Gasteiger charge is -2.27. The molecule has 0 radical (unpaired) electrons. The predicted octanol–water partition coefficient (Wildman–Crippen LogP) is 4.48. The molecule has 2 rings (SSSR count). The van der Waals surface area contributed by atoms with Gasteiger partial charge in [0.25, 0.3) is 0 Å². The van der Waals surface area contributed by atoms with Gasteiger partial charge in [0, 0.05) is 18.7 Å². The maximum absolute atomic E-state index is 12.9. The van der Waals surface area contributed by atoms with Gasteiger partial charge in [-0.1, -0.05) is 19.8 Å². The van der Waals surface area contributed by atoms with Crippen LogP contribution in [-0.4, -0.2) is 24.6 Å².